The number of urea groups is 1. The van der Waals surface area contributed by atoms with Crippen molar-refractivity contribution in [3.8, 4) is 11.5 Å². The SMILES string of the molecule is C=CCN1C(=O)N/C(=C/c2cc(Br)c(OCc3ccc4ccccc4c3)c(OCC)c2)C1=O. The van der Waals surface area contributed by atoms with Crippen LogP contribution >= 0.6 is 15.9 Å². The van der Waals surface area contributed by atoms with Crippen LogP contribution in [0.25, 0.3) is 16.8 Å². The zero-order valence-electron chi connectivity index (χ0n) is 18.1. The minimum Gasteiger partial charge on any atom is -0.490 e. The fraction of sp³-hybridized carbons (Fsp3) is 0.154. The molecule has 3 aromatic rings. The van der Waals surface area contributed by atoms with Gasteiger partial charge in [0.25, 0.3) is 5.91 Å². The van der Waals surface area contributed by atoms with Crippen LogP contribution in [0.4, 0.5) is 4.79 Å². The summed E-state index contributed by atoms with van der Waals surface area (Å²) in [7, 11) is 0. The predicted octanol–water partition coefficient (Wildman–Crippen LogP) is 5.66. The van der Waals surface area contributed by atoms with Gasteiger partial charge in [-0.25, -0.2) is 4.79 Å². The molecule has 1 N–H and O–H groups in total. The zero-order chi connectivity index (χ0) is 23.4. The lowest BCUT2D eigenvalue weighted by Crippen LogP contribution is -2.30. The van der Waals surface area contributed by atoms with E-state index in [0.717, 1.165) is 15.8 Å². The van der Waals surface area contributed by atoms with Crippen molar-refractivity contribution in [3.63, 3.8) is 0 Å². The summed E-state index contributed by atoms with van der Waals surface area (Å²) in [6.07, 6.45) is 3.12. The van der Waals surface area contributed by atoms with Crippen molar-refractivity contribution >= 4 is 44.7 Å². The molecular formula is C26H23BrN2O4. The summed E-state index contributed by atoms with van der Waals surface area (Å²) in [5.74, 6) is 0.715. The minimum absolute atomic E-state index is 0.150. The van der Waals surface area contributed by atoms with E-state index in [1.165, 1.54) is 11.5 Å². The van der Waals surface area contributed by atoms with Crippen LogP contribution in [0.1, 0.15) is 18.1 Å². The van der Waals surface area contributed by atoms with Crippen LogP contribution < -0.4 is 14.8 Å². The number of hydrogen-bond acceptors (Lipinski definition) is 4. The van der Waals surface area contributed by atoms with Gasteiger partial charge in [-0.15, -0.1) is 6.58 Å². The lowest BCUT2D eigenvalue weighted by Gasteiger charge is -2.15. The van der Waals surface area contributed by atoms with Gasteiger partial charge in [0.15, 0.2) is 11.5 Å². The van der Waals surface area contributed by atoms with Gasteiger partial charge in [0.2, 0.25) is 0 Å². The summed E-state index contributed by atoms with van der Waals surface area (Å²) in [4.78, 5) is 25.6. The van der Waals surface area contributed by atoms with E-state index in [0.29, 0.717) is 34.7 Å². The molecule has 1 saturated heterocycles. The zero-order valence-corrected chi connectivity index (χ0v) is 19.7. The molecule has 4 rings (SSSR count). The van der Waals surface area contributed by atoms with E-state index >= 15 is 0 Å². The van der Waals surface area contributed by atoms with Gasteiger partial charge < -0.3 is 14.8 Å². The molecule has 0 unspecified atom stereocenters. The molecule has 0 aromatic heterocycles. The number of nitrogens with zero attached hydrogens (tertiary/aromatic N) is 1. The van der Waals surface area contributed by atoms with Gasteiger partial charge in [0, 0.05) is 6.54 Å². The van der Waals surface area contributed by atoms with Gasteiger partial charge in [0.05, 0.1) is 11.1 Å². The molecular weight excluding hydrogens is 484 g/mol. The number of carbonyl (C=O) groups is 2. The molecule has 168 valence electrons. The maximum Gasteiger partial charge on any atom is 0.329 e. The summed E-state index contributed by atoms with van der Waals surface area (Å²) in [5, 5.41) is 4.92. The Morgan fingerprint density at radius 1 is 1.06 bits per heavy atom. The number of halogens is 1. The summed E-state index contributed by atoms with van der Waals surface area (Å²) in [6.45, 7) is 6.43. The number of benzene rings is 3. The highest BCUT2D eigenvalue weighted by Crippen LogP contribution is 2.38. The summed E-state index contributed by atoms with van der Waals surface area (Å²) in [5.41, 5.74) is 1.92. The first-order valence-electron chi connectivity index (χ1n) is 10.5. The Morgan fingerprint density at radius 2 is 1.85 bits per heavy atom. The van der Waals surface area contributed by atoms with Crippen LogP contribution in [-0.4, -0.2) is 30.0 Å². The molecule has 3 aromatic carbocycles. The van der Waals surface area contributed by atoms with Crippen LogP contribution in [0.3, 0.4) is 0 Å². The third kappa shape index (κ3) is 4.93. The average Bonchev–Trinajstić information content (AvgIpc) is 3.06. The van der Waals surface area contributed by atoms with Crippen LogP contribution in [0.2, 0.25) is 0 Å². The van der Waals surface area contributed by atoms with E-state index < -0.39 is 11.9 Å². The lowest BCUT2D eigenvalue weighted by atomic mass is 10.1. The number of ether oxygens (including phenoxy) is 2. The van der Waals surface area contributed by atoms with E-state index in [1.807, 2.05) is 31.2 Å². The first kappa shape index (κ1) is 22.6. The number of amides is 3. The Hall–Kier alpha value is -3.58. The van der Waals surface area contributed by atoms with Crippen LogP contribution in [-0.2, 0) is 11.4 Å². The van der Waals surface area contributed by atoms with Crippen LogP contribution in [0.15, 0.2) is 77.4 Å². The van der Waals surface area contributed by atoms with Crippen LogP contribution in [0.5, 0.6) is 11.5 Å². The highest BCUT2D eigenvalue weighted by molar-refractivity contribution is 9.10. The molecule has 0 radical (unpaired) electrons. The molecule has 0 bridgehead atoms. The molecule has 3 amide bonds. The Labute approximate surface area is 200 Å². The van der Waals surface area contributed by atoms with Gasteiger partial charge in [-0.05, 0) is 69.0 Å². The number of hydrogen-bond donors (Lipinski definition) is 1. The van der Waals surface area contributed by atoms with Gasteiger partial charge in [0.1, 0.15) is 12.3 Å². The summed E-state index contributed by atoms with van der Waals surface area (Å²) < 4.78 is 12.6. The van der Waals surface area contributed by atoms with Crippen molar-refractivity contribution in [2.24, 2.45) is 0 Å². The summed E-state index contributed by atoms with van der Waals surface area (Å²) >= 11 is 3.56. The molecule has 0 spiro atoms. The van der Waals surface area contributed by atoms with E-state index in [9.17, 15) is 9.59 Å². The van der Waals surface area contributed by atoms with Crippen LogP contribution in [0, 0.1) is 0 Å². The second-order valence-corrected chi connectivity index (χ2v) is 8.28. The molecule has 1 heterocycles. The molecule has 7 heteroatoms. The Bertz CT molecular complexity index is 1270. The standard InChI is InChI=1S/C26H23BrN2O4/c1-3-11-29-25(30)22(28-26(29)31)14-18-13-21(27)24(23(15-18)32-4-2)33-16-17-9-10-19-7-5-6-8-20(19)12-17/h3,5-10,12-15H,1,4,11,16H2,2H3,(H,28,31)/b22-14+. The topological polar surface area (TPSA) is 67.9 Å². The molecule has 0 aliphatic carbocycles. The van der Waals surface area contributed by atoms with Crippen molar-refractivity contribution in [1.82, 2.24) is 10.2 Å². The monoisotopic (exact) mass is 506 g/mol. The first-order valence-corrected chi connectivity index (χ1v) is 11.3. The molecule has 6 nitrogen and oxygen atoms in total. The normalized spacial score (nSPS) is 14.6. The third-order valence-electron chi connectivity index (χ3n) is 5.11. The molecule has 0 saturated carbocycles. The summed E-state index contributed by atoms with van der Waals surface area (Å²) in [6, 6.07) is 17.5. The quantitative estimate of drug-likeness (QED) is 0.243. The van der Waals surface area contributed by atoms with Gasteiger partial charge in [-0.3, -0.25) is 9.69 Å². The van der Waals surface area contributed by atoms with E-state index in [4.69, 9.17) is 9.47 Å². The van der Waals surface area contributed by atoms with E-state index in [1.54, 1.807) is 12.1 Å². The lowest BCUT2D eigenvalue weighted by molar-refractivity contribution is -0.122. The van der Waals surface area contributed by atoms with Crippen molar-refractivity contribution in [1.29, 1.82) is 0 Å². The predicted molar refractivity (Wildman–Crippen MR) is 132 cm³/mol. The van der Waals surface area contributed by atoms with Crippen molar-refractivity contribution in [2.75, 3.05) is 13.2 Å². The van der Waals surface area contributed by atoms with Gasteiger partial charge in [-0.1, -0.05) is 42.5 Å². The Balaban J connectivity index is 1.58. The first-order chi connectivity index (χ1) is 16.0. The third-order valence-corrected chi connectivity index (χ3v) is 5.70. The Kier molecular flexibility index (Phi) is 6.79. The molecule has 1 fully saturated rings. The highest BCUT2D eigenvalue weighted by Gasteiger charge is 2.32. The van der Waals surface area contributed by atoms with Crippen molar-refractivity contribution in [2.45, 2.75) is 13.5 Å². The second kappa shape index (κ2) is 9.92. The Morgan fingerprint density at radius 3 is 2.61 bits per heavy atom. The smallest absolute Gasteiger partial charge is 0.329 e. The van der Waals surface area contributed by atoms with E-state index in [-0.39, 0.29) is 12.2 Å². The maximum atomic E-state index is 12.5. The second-order valence-electron chi connectivity index (χ2n) is 7.43. The number of imide groups is 1. The molecule has 1 aliphatic rings. The fourth-order valence-electron chi connectivity index (χ4n) is 3.59. The minimum atomic E-state index is -0.467. The molecule has 33 heavy (non-hydrogen) atoms. The number of nitrogens with one attached hydrogen (secondary N) is 1. The molecule has 1 aliphatic heterocycles. The van der Waals surface area contributed by atoms with Crippen molar-refractivity contribution < 1.29 is 19.1 Å². The number of carbonyl (C=O) groups excluding carboxylic acids is 2. The molecule has 0 atom stereocenters. The van der Waals surface area contributed by atoms with Gasteiger partial charge >= 0.3 is 6.03 Å². The largest absolute Gasteiger partial charge is 0.490 e. The number of fused-ring (bicyclic) bond motifs is 1. The van der Waals surface area contributed by atoms with Gasteiger partial charge in [-0.2, -0.15) is 0 Å². The fourth-order valence-corrected chi connectivity index (χ4v) is 4.17. The van der Waals surface area contributed by atoms with E-state index in [2.05, 4.69) is 52.1 Å². The highest BCUT2D eigenvalue weighted by atomic mass is 79.9. The maximum absolute atomic E-state index is 12.5. The number of rotatable bonds is 8. The average molecular weight is 507 g/mol. The van der Waals surface area contributed by atoms with Crippen molar-refractivity contribution in [3.05, 3.63) is 88.5 Å².